The van der Waals surface area contributed by atoms with Crippen molar-refractivity contribution in [2.45, 2.75) is 51.7 Å². The zero-order valence-electron chi connectivity index (χ0n) is 12.7. The zero-order valence-corrected chi connectivity index (χ0v) is 12.7. The van der Waals surface area contributed by atoms with Crippen molar-refractivity contribution in [1.29, 1.82) is 0 Å². The van der Waals surface area contributed by atoms with Crippen molar-refractivity contribution < 1.29 is 13.6 Å². The van der Waals surface area contributed by atoms with Crippen LogP contribution >= 0.6 is 0 Å². The summed E-state index contributed by atoms with van der Waals surface area (Å²) in [6.45, 7) is 6.36. The second-order valence-electron chi connectivity index (χ2n) is 5.75. The lowest BCUT2D eigenvalue weighted by Crippen LogP contribution is -2.43. The summed E-state index contributed by atoms with van der Waals surface area (Å²) >= 11 is 0. The molecule has 5 heteroatoms. The van der Waals surface area contributed by atoms with Crippen LogP contribution in [0.3, 0.4) is 0 Å². The first-order valence-electron chi connectivity index (χ1n) is 7.46. The van der Waals surface area contributed by atoms with Crippen LogP contribution in [0.1, 0.15) is 51.8 Å². The number of carbonyl (C=O) groups excluding carboxylic acids is 1. The number of unbranched alkanes of at least 4 members (excludes halogenated alkanes) is 1. The third-order valence-electron chi connectivity index (χ3n) is 4.22. The molecular formula is C16H22F2N2O. The van der Waals surface area contributed by atoms with Gasteiger partial charge < -0.3 is 4.90 Å². The summed E-state index contributed by atoms with van der Waals surface area (Å²) in [6.07, 6.45) is 1.89. The molecule has 1 heterocycles. The van der Waals surface area contributed by atoms with Gasteiger partial charge in [0.2, 0.25) is 5.91 Å². The van der Waals surface area contributed by atoms with Crippen molar-refractivity contribution in [2.24, 2.45) is 0 Å². The first-order valence-corrected chi connectivity index (χ1v) is 7.46. The van der Waals surface area contributed by atoms with E-state index in [1.54, 1.807) is 4.90 Å². The monoisotopic (exact) mass is 296 g/mol. The van der Waals surface area contributed by atoms with Crippen LogP contribution < -0.4 is 5.32 Å². The molecule has 0 aliphatic carbocycles. The molecule has 1 amide bonds. The molecule has 1 saturated heterocycles. The topological polar surface area (TPSA) is 32.3 Å². The van der Waals surface area contributed by atoms with Gasteiger partial charge in [-0.1, -0.05) is 20.3 Å². The molecule has 0 aromatic heterocycles. The van der Waals surface area contributed by atoms with E-state index in [1.165, 1.54) is 12.1 Å². The maximum Gasteiger partial charge on any atom is 0.244 e. The van der Waals surface area contributed by atoms with Gasteiger partial charge in [-0.15, -0.1) is 0 Å². The fourth-order valence-corrected chi connectivity index (χ4v) is 2.66. The van der Waals surface area contributed by atoms with Crippen LogP contribution in [0.25, 0.3) is 0 Å². The number of hydrogen-bond acceptors (Lipinski definition) is 2. The van der Waals surface area contributed by atoms with E-state index in [-0.39, 0.29) is 5.91 Å². The lowest BCUT2D eigenvalue weighted by Gasteiger charge is -2.24. The van der Waals surface area contributed by atoms with Gasteiger partial charge in [0.25, 0.3) is 0 Å². The summed E-state index contributed by atoms with van der Waals surface area (Å²) in [5, 5.41) is 3.22. The number of amides is 1. The van der Waals surface area contributed by atoms with Gasteiger partial charge in [0, 0.05) is 18.2 Å². The Labute approximate surface area is 124 Å². The molecule has 2 atom stereocenters. The Kier molecular flexibility index (Phi) is 4.61. The van der Waals surface area contributed by atoms with Crippen LogP contribution in [0, 0.1) is 11.6 Å². The van der Waals surface area contributed by atoms with Crippen LogP contribution in [0.2, 0.25) is 0 Å². The highest BCUT2D eigenvalue weighted by molar-refractivity contribution is 5.88. The summed E-state index contributed by atoms with van der Waals surface area (Å²) in [7, 11) is 0. The van der Waals surface area contributed by atoms with E-state index in [2.05, 4.69) is 5.32 Å². The Balaban J connectivity index is 2.36. The van der Waals surface area contributed by atoms with Crippen LogP contribution in [0.5, 0.6) is 0 Å². The number of halogens is 2. The summed E-state index contributed by atoms with van der Waals surface area (Å²) in [6, 6.07) is 3.50. The van der Waals surface area contributed by atoms with Crippen molar-refractivity contribution in [3.8, 4) is 0 Å². The molecule has 116 valence electrons. The van der Waals surface area contributed by atoms with Gasteiger partial charge in [-0.3, -0.25) is 10.1 Å². The summed E-state index contributed by atoms with van der Waals surface area (Å²) < 4.78 is 27.2. The number of hydrogen-bond donors (Lipinski definition) is 1. The fraction of sp³-hybridized carbons (Fsp3) is 0.562. The molecule has 1 aromatic rings. The average molecular weight is 296 g/mol. The van der Waals surface area contributed by atoms with E-state index >= 15 is 0 Å². The molecule has 2 unspecified atom stereocenters. The minimum atomic E-state index is -0.695. The van der Waals surface area contributed by atoms with E-state index in [1.807, 2.05) is 20.8 Å². The number of rotatable bonds is 5. The van der Waals surface area contributed by atoms with Gasteiger partial charge >= 0.3 is 0 Å². The summed E-state index contributed by atoms with van der Waals surface area (Å²) in [5.74, 6) is -1.26. The van der Waals surface area contributed by atoms with Gasteiger partial charge in [-0.2, -0.15) is 0 Å². The van der Waals surface area contributed by atoms with Crippen LogP contribution in [0.15, 0.2) is 18.2 Å². The highest BCUT2D eigenvalue weighted by atomic mass is 19.1. The van der Waals surface area contributed by atoms with Crippen molar-refractivity contribution in [3.63, 3.8) is 0 Å². The van der Waals surface area contributed by atoms with Crippen LogP contribution in [-0.4, -0.2) is 22.9 Å². The highest BCUT2D eigenvalue weighted by Gasteiger charge is 2.47. The maximum atomic E-state index is 14.1. The van der Waals surface area contributed by atoms with Crippen LogP contribution in [-0.2, 0) is 4.79 Å². The second kappa shape index (κ2) is 6.10. The normalized spacial score (nSPS) is 25.7. The van der Waals surface area contributed by atoms with E-state index in [9.17, 15) is 13.6 Å². The number of benzene rings is 1. The van der Waals surface area contributed by atoms with E-state index in [0.717, 1.165) is 18.9 Å². The molecule has 2 rings (SSSR count). The second-order valence-corrected chi connectivity index (χ2v) is 5.75. The largest absolute Gasteiger partial charge is 0.321 e. The zero-order chi connectivity index (χ0) is 15.6. The molecule has 1 fully saturated rings. The Bertz CT molecular complexity index is 535. The third-order valence-corrected chi connectivity index (χ3v) is 4.22. The highest BCUT2D eigenvalue weighted by Crippen LogP contribution is 2.34. The molecule has 1 N–H and O–H groups in total. The average Bonchev–Trinajstić information content (AvgIpc) is 2.70. The number of nitrogens with one attached hydrogen (secondary N) is 1. The Morgan fingerprint density at radius 1 is 1.33 bits per heavy atom. The standard InChI is InChI=1S/C16H22F2N2O/c1-4-6-9-20-14(19-16(3,5-2)15(20)21)12-8-7-11(17)10-13(12)18/h7-8,10,14,19H,4-6,9H2,1-3H3. The number of carbonyl (C=O) groups is 1. The molecule has 3 nitrogen and oxygen atoms in total. The van der Waals surface area contributed by atoms with Gasteiger partial charge in [0.15, 0.2) is 0 Å². The van der Waals surface area contributed by atoms with E-state index in [4.69, 9.17) is 0 Å². The minimum absolute atomic E-state index is 0.0211. The smallest absolute Gasteiger partial charge is 0.244 e. The van der Waals surface area contributed by atoms with Gasteiger partial charge in [-0.05, 0) is 31.9 Å². The van der Waals surface area contributed by atoms with Crippen molar-refractivity contribution in [3.05, 3.63) is 35.4 Å². The molecule has 0 radical (unpaired) electrons. The molecule has 0 saturated carbocycles. The van der Waals surface area contributed by atoms with Gasteiger partial charge in [0.1, 0.15) is 17.8 Å². The Morgan fingerprint density at radius 3 is 2.62 bits per heavy atom. The summed E-state index contributed by atoms with van der Waals surface area (Å²) in [4.78, 5) is 14.3. The third kappa shape index (κ3) is 2.93. The van der Waals surface area contributed by atoms with Crippen LogP contribution in [0.4, 0.5) is 8.78 Å². The van der Waals surface area contributed by atoms with Gasteiger partial charge in [-0.25, -0.2) is 8.78 Å². The molecule has 21 heavy (non-hydrogen) atoms. The van der Waals surface area contributed by atoms with Crippen molar-refractivity contribution >= 4 is 5.91 Å². The summed E-state index contributed by atoms with van der Waals surface area (Å²) in [5.41, 5.74) is -0.378. The molecule has 1 aliphatic heterocycles. The SMILES string of the molecule is CCCCN1C(=O)C(C)(CC)NC1c1ccc(F)cc1F. The van der Waals surface area contributed by atoms with E-state index < -0.39 is 23.3 Å². The first-order chi connectivity index (χ1) is 9.92. The maximum absolute atomic E-state index is 14.1. The molecule has 1 aromatic carbocycles. The molecule has 0 bridgehead atoms. The minimum Gasteiger partial charge on any atom is -0.321 e. The quantitative estimate of drug-likeness (QED) is 0.903. The van der Waals surface area contributed by atoms with Crippen molar-refractivity contribution in [2.75, 3.05) is 6.54 Å². The Morgan fingerprint density at radius 2 is 2.05 bits per heavy atom. The fourth-order valence-electron chi connectivity index (χ4n) is 2.66. The molecule has 0 spiro atoms. The molecule has 1 aliphatic rings. The van der Waals surface area contributed by atoms with Crippen molar-refractivity contribution in [1.82, 2.24) is 10.2 Å². The number of nitrogens with zero attached hydrogens (tertiary/aromatic N) is 1. The predicted octanol–water partition coefficient (Wildman–Crippen LogP) is 3.36. The lowest BCUT2D eigenvalue weighted by molar-refractivity contribution is -0.133. The Hall–Kier alpha value is -1.49. The lowest BCUT2D eigenvalue weighted by atomic mass is 9.99. The van der Waals surface area contributed by atoms with Gasteiger partial charge in [0.05, 0.1) is 5.54 Å². The van der Waals surface area contributed by atoms with E-state index in [0.29, 0.717) is 18.5 Å². The predicted molar refractivity (Wildman–Crippen MR) is 77.6 cm³/mol. The molecular weight excluding hydrogens is 274 g/mol. The first kappa shape index (κ1) is 15.9.